The van der Waals surface area contributed by atoms with Crippen molar-refractivity contribution in [1.82, 2.24) is 10.6 Å². The summed E-state index contributed by atoms with van der Waals surface area (Å²) in [6, 6.07) is -3.32. The maximum absolute atomic E-state index is 14.3. The quantitative estimate of drug-likeness (QED) is 0.0489. The van der Waals surface area contributed by atoms with Crippen LogP contribution in [0.1, 0.15) is 143 Å². The third-order valence-electron chi connectivity index (χ3n) is 9.70. The molecule has 0 aromatic heterocycles. The highest BCUT2D eigenvalue weighted by atomic mass is 16.6. The molecule has 0 bridgehead atoms. The van der Waals surface area contributed by atoms with Gasteiger partial charge in [-0.15, -0.1) is 0 Å². The minimum Gasteiger partial charge on any atom is -0.481 e. The van der Waals surface area contributed by atoms with Crippen molar-refractivity contribution in [3.63, 3.8) is 0 Å². The molecule has 0 aromatic carbocycles. The van der Waals surface area contributed by atoms with Crippen LogP contribution in [0.4, 0.5) is 0 Å². The number of rotatable bonds is 30. The van der Waals surface area contributed by atoms with Crippen LogP contribution in [0.15, 0.2) is 0 Å². The van der Waals surface area contributed by atoms with Gasteiger partial charge in [0.15, 0.2) is 13.1 Å². The monoisotopic (exact) mass is 759 g/mol. The number of nitrogens with two attached hydrogens (primary N) is 2. The van der Waals surface area contributed by atoms with Crippen LogP contribution in [-0.4, -0.2) is 111 Å². The molecular weight excluding hydrogens is 692 g/mol. The van der Waals surface area contributed by atoms with Gasteiger partial charge in [-0.25, -0.2) is 4.79 Å². The number of aliphatic hydroxyl groups excluding tert-OH is 2. The van der Waals surface area contributed by atoms with Crippen LogP contribution >= 0.6 is 0 Å². The summed E-state index contributed by atoms with van der Waals surface area (Å²) in [6.07, 6.45) is 6.15. The smallest absolute Gasteiger partial charge is 0.332 e. The number of Topliss-reactive ketones (excluding diaryl/α,β-unsaturated/α-hetero) is 1. The van der Waals surface area contributed by atoms with Gasteiger partial charge in [-0.3, -0.25) is 24.0 Å². The average Bonchev–Trinajstić information content (AvgIpc) is 3.11. The zero-order valence-corrected chi connectivity index (χ0v) is 31.8. The molecule has 10 N–H and O–H groups in total. The van der Waals surface area contributed by atoms with Crippen LogP contribution in [0.5, 0.6) is 0 Å². The normalized spacial score (nSPS) is 22.5. The maximum atomic E-state index is 14.3. The second-order valence-electron chi connectivity index (χ2n) is 14.3. The van der Waals surface area contributed by atoms with Gasteiger partial charge in [0.25, 0.3) is 0 Å². The van der Waals surface area contributed by atoms with Crippen molar-refractivity contribution < 1.29 is 60.1 Å². The number of carbonyl (C=O) groups is 6. The first-order chi connectivity index (χ1) is 25.5. The maximum Gasteiger partial charge on any atom is 0.332 e. The third kappa shape index (κ3) is 17.2. The molecular formula is C37H66N4O12. The Labute approximate surface area is 314 Å². The fourth-order valence-corrected chi connectivity index (χ4v) is 6.68. The summed E-state index contributed by atoms with van der Waals surface area (Å²) < 4.78 is 20.2. The van der Waals surface area contributed by atoms with E-state index in [9.17, 15) is 49.2 Å². The number of carboxylic acid groups (broad SMARTS) is 2. The van der Waals surface area contributed by atoms with Crippen LogP contribution in [0.25, 0.3) is 0 Å². The fourth-order valence-electron chi connectivity index (χ4n) is 6.68. The molecule has 0 radical (unpaired) electrons. The largest absolute Gasteiger partial charge is 0.481 e. The van der Waals surface area contributed by atoms with Gasteiger partial charge < -0.3 is 52.0 Å². The predicted octanol–water partition coefficient (Wildman–Crippen LogP) is 2.22. The molecule has 1 unspecified atom stereocenters. The van der Waals surface area contributed by atoms with Gasteiger partial charge in [-0.05, 0) is 19.8 Å². The highest BCUT2D eigenvalue weighted by Gasteiger charge is 2.58. The lowest BCUT2D eigenvalue weighted by Crippen LogP contribution is -2.77. The van der Waals surface area contributed by atoms with E-state index in [0.717, 1.165) is 39.5 Å². The molecule has 1 saturated heterocycles. The number of carbonyl (C=O) groups excluding carboxylic acids is 4. The molecule has 0 saturated carbocycles. The Morgan fingerprint density at radius 1 is 0.887 bits per heavy atom. The van der Waals surface area contributed by atoms with E-state index in [2.05, 4.69) is 12.2 Å². The van der Waals surface area contributed by atoms with E-state index in [1.807, 2.05) is 0 Å². The highest BCUT2D eigenvalue weighted by molar-refractivity contribution is 5.99. The molecule has 0 aliphatic carbocycles. The molecule has 306 valence electrons. The number of primary amides is 1. The Hall–Kier alpha value is -3.18. The minimum absolute atomic E-state index is 0.0682. The zero-order chi connectivity index (χ0) is 40.8. The van der Waals surface area contributed by atoms with Crippen molar-refractivity contribution in [1.29, 1.82) is 0 Å². The number of nitrogens with one attached hydrogen (secondary N) is 2. The van der Waals surface area contributed by atoms with Gasteiger partial charge in [0.1, 0.15) is 36.2 Å². The Morgan fingerprint density at radius 3 is 1.83 bits per heavy atom. The van der Waals surface area contributed by atoms with Crippen LogP contribution in [0, 0.1) is 0 Å². The van der Waals surface area contributed by atoms with Gasteiger partial charge in [-0.1, -0.05) is 96.8 Å². The van der Waals surface area contributed by atoms with E-state index in [1.165, 1.54) is 57.8 Å². The number of hydrogen-bond acceptors (Lipinski definition) is 11. The summed E-state index contributed by atoms with van der Waals surface area (Å²) in [5.74, 6) is -6.85. The lowest BCUT2D eigenvalue weighted by atomic mass is 9.76. The molecule has 8 atom stereocenters. The van der Waals surface area contributed by atoms with E-state index in [4.69, 9.17) is 22.4 Å². The van der Waals surface area contributed by atoms with Crippen molar-refractivity contribution in [2.75, 3.05) is 6.61 Å². The first-order valence-corrected chi connectivity index (χ1v) is 19.3. The van der Waals surface area contributed by atoms with Crippen molar-refractivity contribution in [2.45, 2.75) is 191 Å². The zero-order valence-electron chi connectivity index (χ0n) is 32.8. The number of ketones is 1. The number of hydrogen-bond donors (Lipinski definition) is 8. The van der Waals surface area contributed by atoms with E-state index >= 15 is 0 Å². The molecule has 1 fully saturated rings. The summed E-state index contributed by atoms with van der Waals surface area (Å²) in [7, 11) is 0. The highest BCUT2D eigenvalue weighted by Crippen LogP contribution is 2.33. The molecule has 1 rings (SSSR count). The Bertz CT molecular complexity index is 1200. The van der Waals surface area contributed by atoms with Crippen molar-refractivity contribution in [3.8, 4) is 0 Å². The molecule has 16 nitrogen and oxygen atoms in total. The van der Waals surface area contributed by atoms with Gasteiger partial charge in [0.2, 0.25) is 17.7 Å². The molecule has 3 amide bonds. The number of aliphatic hydroxyl groups is 2. The Morgan fingerprint density at radius 2 is 1.40 bits per heavy atom. The Kier molecular flexibility index (Phi) is 22.4. The number of unbranched alkanes of at least 4 members (excludes halogenated alkanes) is 14. The second-order valence-corrected chi connectivity index (χ2v) is 14.3. The fraction of sp³-hybridized carbons (Fsp3) is 0.838. The van der Waals surface area contributed by atoms with Gasteiger partial charge in [0, 0.05) is 26.2 Å². The molecule has 1 aliphatic heterocycles. The molecule has 0 aromatic rings. The predicted molar refractivity (Wildman–Crippen MR) is 195 cm³/mol. The van der Waals surface area contributed by atoms with Crippen LogP contribution < -0.4 is 22.1 Å². The second kappa shape index (κ2) is 25.8. The molecule has 16 heteroatoms. The van der Waals surface area contributed by atoms with Crippen molar-refractivity contribution >= 4 is 35.4 Å². The molecule has 1 aliphatic rings. The van der Waals surface area contributed by atoms with Crippen molar-refractivity contribution in [3.05, 3.63) is 0 Å². The van der Waals surface area contributed by atoms with Gasteiger partial charge in [0.05, 0.1) is 12.6 Å². The summed E-state index contributed by atoms with van der Waals surface area (Å²) in [4.78, 5) is 76.2. The summed E-state index contributed by atoms with van der Waals surface area (Å²) >= 11 is 0. The first-order valence-electron chi connectivity index (χ1n) is 19.7. The number of carboxylic acids is 2. The molecule has 1 heterocycles. The van der Waals surface area contributed by atoms with Gasteiger partial charge >= 0.3 is 11.9 Å². The van der Waals surface area contributed by atoms with E-state index in [1.54, 1.807) is 0 Å². The van der Waals surface area contributed by atoms with E-state index in [0.29, 0.717) is 12.8 Å². The van der Waals surface area contributed by atoms with E-state index < -0.39 is 109 Å². The molecule has 53 heavy (non-hydrogen) atoms. The minimum atomic E-state index is -2.68. The summed E-state index contributed by atoms with van der Waals surface area (Å²) in [5, 5.41) is 42.1. The topological polar surface area (TPSA) is 278 Å². The Balaban J connectivity index is 3.20. The third-order valence-corrected chi connectivity index (χ3v) is 9.70. The first kappa shape index (κ1) is 46.0. The average molecular weight is 760 g/mol. The van der Waals surface area contributed by atoms with Gasteiger partial charge in [-0.2, -0.15) is 0 Å². The summed E-state index contributed by atoms with van der Waals surface area (Å²) in [6.45, 7) is 3.38. The molecule has 0 spiro atoms. The number of ether oxygens (including phenoxy) is 2. The SMILES string of the molecule is [2H]N(C(C)=O)[C@@](CC(=O)CCCCCCCCCCCCCCCCC)(C(=O)N[C@@H](CCC(=O)O)C(N)=O)C1O[C@H](CO)[C@@H](O)[C@H](O[C@H](C)C(=O)O)[C@H]1N. The number of amides is 3. The lowest BCUT2D eigenvalue weighted by Gasteiger charge is -2.50. The standard InChI is InChI=1S/C37H66N4O12/c1-4-5-6-7-8-9-10-11-12-13-14-15-16-17-18-19-26(44)22-37(41-25(3)43,36(51)40-27(34(39)48)20-21-29(45)46)33-30(38)32(52-24(2)35(49)50)31(47)28(23-42)53-33/h24,27-28,30-33,42,47H,4-23,38H2,1-3H3,(H2,39,48)(H,40,51)(H,41,43)(H,45,46)(H,49,50)/t24-,27+,28-,30-,31-,32-,33?,37-/m1/s1/i/hD. The number of aliphatic carboxylic acids is 2. The lowest BCUT2D eigenvalue weighted by molar-refractivity contribution is -0.228. The van der Waals surface area contributed by atoms with Crippen LogP contribution in [0.3, 0.4) is 0 Å². The summed E-state index contributed by atoms with van der Waals surface area (Å²) in [5.41, 5.74) is 9.25. The van der Waals surface area contributed by atoms with Crippen LogP contribution in [0.2, 0.25) is 1.41 Å². The van der Waals surface area contributed by atoms with E-state index in [-0.39, 0.29) is 11.7 Å². The van der Waals surface area contributed by atoms with Crippen molar-refractivity contribution in [2.24, 2.45) is 11.5 Å². The van der Waals surface area contributed by atoms with Crippen LogP contribution in [-0.2, 0) is 38.2 Å².